The Morgan fingerprint density at radius 3 is 2.71 bits per heavy atom. The number of nitrogens with one attached hydrogen (secondary N) is 1. The number of hydrogen-bond donors (Lipinski definition) is 1. The lowest BCUT2D eigenvalue weighted by molar-refractivity contribution is -0.131. The summed E-state index contributed by atoms with van der Waals surface area (Å²) in [5, 5.41) is 11.9. The van der Waals surface area contributed by atoms with Crippen molar-refractivity contribution in [2.24, 2.45) is 5.41 Å². The average molecular weight is 293 g/mol. The molecule has 0 unspecified atom stereocenters. The van der Waals surface area contributed by atoms with Crippen LogP contribution in [-0.4, -0.2) is 5.91 Å². The highest BCUT2D eigenvalue weighted by Gasteiger charge is 2.44. The Hall–Kier alpha value is -1.34. The highest BCUT2D eigenvalue weighted by atomic mass is 79.9. The predicted octanol–water partition coefficient (Wildman–Crippen LogP) is 2.76. The molecular weight excluding hydrogens is 280 g/mol. The van der Waals surface area contributed by atoms with Crippen molar-refractivity contribution in [3.8, 4) is 6.07 Å². The third kappa shape index (κ3) is 2.34. The number of hydrogen-bond acceptors (Lipinski definition) is 2. The Morgan fingerprint density at radius 1 is 1.47 bits per heavy atom. The molecule has 88 valence electrons. The predicted molar refractivity (Wildman–Crippen MR) is 67.9 cm³/mol. The van der Waals surface area contributed by atoms with Crippen molar-refractivity contribution < 1.29 is 4.79 Å². The van der Waals surface area contributed by atoms with Crippen LogP contribution in [0.3, 0.4) is 0 Å². The topological polar surface area (TPSA) is 52.9 Å². The maximum absolute atomic E-state index is 11.9. The molecule has 17 heavy (non-hydrogen) atoms. The van der Waals surface area contributed by atoms with Crippen molar-refractivity contribution in [1.82, 2.24) is 5.32 Å². The molecule has 0 heterocycles. The highest BCUT2D eigenvalue weighted by Crippen LogP contribution is 2.40. The zero-order chi connectivity index (χ0) is 12.3. The molecule has 1 fully saturated rings. The van der Waals surface area contributed by atoms with Crippen LogP contribution in [0.5, 0.6) is 0 Å². The quantitative estimate of drug-likeness (QED) is 0.931. The average Bonchev–Trinajstić information content (AvgIpc) is 2.27. The molecule has 0 bridgehead atoms. The van der Waals surface area contributed by atoms with Crippen LogP contribution in [0.1, 0.15) is 24.8 Å². The molecule has 0 atom stereocenters. The molecule has 1 amide bonds. The summed E-state index contributed by atoms with van der Waals surface area (Å²) < 4.78 is 0.972. The monoisotopic (exact) mass is 292 g/mol. The van der Waals surface area contributed by atoms with Gasteiger partial charge in [-0.15, -0.1) is 0 Å². The first-order valence-electron chi connectivity index (χ1n) is 5.61. The van der Waals surface area contributed by atoms with E-state index in [4.69, 9.17) is 5.26 Å². The second-order valence-corrected chi connectivity index (χ2v) is 5.18. The molecule has 0 radical (unpaired) electrons. The van der Waals surface area contributed by atoms with Crippen LogP contribution >= 0.6 is 15.9 Å². The Kier molecular flexibility index (Phi) is 3.49. The number of nitrogens with zero attached hydrogens (tertiary/aromatic N) is 1. The summed E-state index contributed by atoms with van der Waals surface area (Å²) in [6.07, 6.45) is 2.34. The third-order valence-electron chi connectivity index (χ3n) is 3.25. The molecule has 0 spiro atoms. The van der Waals surface area contributed by atoms with Gasteiger partial charge in [-0.1, -0.05) is 34.1 Å². The van der Waals surface area contributed by atoms with Crippen LogP contribution in [0.15, 0.2) is 28.7 Å². The summed E-state index contributed by atoms with van der Waals surface area (Å²) in [6, 6.07) is 9.88. The van der Waals surface area contributed by atoms with Crippen LogP contribution in [0.2, 0.25) is 0 Å². The van der Waals surface area contributed by atoms with E-state index in [1.54, 1.807) is 0 Å². The van der Waals surface area contributed by atoms with E-state index in [1.807, 2.05) is 24.3 Å². The number of carbonyl (C=O) groups is 1. The standard InChI is InChI=1S/C13H13BrN2O/c14-11-5-2-1-4-10(11)8-16-12(17)13(9-15)6-3-7-13/h1-2,4-5H,3,6-8H2,(H,16,17). The normalized spacial score (nSPS) is 16.7. The molecule has 1 saturated carbocycles. The SMILES string of the molecule is N#CC1(C(=O)NCc2ccccc2Br)CCC1. The zero-order valence-corrected chi connectivity index (χ0v) is 11.0. The van der Waals surface area contributed by atoms with Gasteiger partial charge in [-0.05, 0) is 30.9 Å². The van der Waals surface area contributed by atoms with Gasteiger partial charge in [0.25, 0.3) is 0 Å². The van der Waals surface area contributed by atoms with Crippen molar-refractivity contribution in [2.75, 3.05) is 0 Å². The van der Waals surface area contributed by atoms with E-state index < -0.39 is 5.41 Å². The molecule has 0 aromatic heterocycles. The first-order valence-corrected chi connectivity index (χ1v) is 6.40. The van der Waals surface area contributed by atoms with Crippen molar-refractivity contribution in [3.63, 3.8) is 0 Å². The van der Waals surface area contributed by atoms with Gasteiger partial charge >= 0.3 is 0 Å². The number of halogens is 1. The summed E-state index contributed by atoms with van der Waals surface area (Å²) in [6.45, 7) is 0.462. The van der Waals surface area contributed by atoms with E-state index in [0.29, 0.717) is 19.4 Å². The van der Waals surface area contributed by atoms with Gasteiger partial charge in [0, 0.05) is 11.0 Å². The van der Waals surface area contributed by atoms with Crippen LogP contribution in [0.25, 0.3) is 0 Å². The van der Waals surface area contributed by atoms with Gasteiger partial charge in [0.05, 0.1) is 6.07 Å². The Labute approximate surface area is 109 Å². The van der Waals surface area contributed by atoms with Crippen molar-refractivity contribution >= 4 is 21.8 Å². The van der Waals surface area contributed by atoms with E-state index in [2.05, 4.69) is 27.3 Å². The van der Waals surface area contributed by atoms with Crippen LogP contribution in [-0.2, 0) is 11.3 Å². The third-order valence-corrected chi connectivity index (χ3v) is 4.03. The fraction of sp³-hybridized carbons (Fsp3) is 0.385. The van der Waals surface area contributed by atoms with Gasteiger partial charge in [0.1, 0.15) is 5.41 Å². The van der Waals surface area contributed by atoms with E-state index in [0.717, 1.165) is 16.5 Å². The minimum absolute atomic E-state index is 0.137. The minimum Gasteiger partial charge on any atom is -0.351 e. The second-order valence-electron chi connectivity index (χ2n) is 4.32. The van der Waals surface area contributed by atoms with Gasteiger partial charge in [-0.2, -0.15) is 5.26 Å². The molecule has 2 rings (SSSR count). The van der Waals surface area contributed by atoms with E-state index in [9.17, 15) is 4.79 Å². The summed E-state index contributed by atoms with van der Waals surface area (Å²) >= 11 is 3.43. The first kappa shape index (κ1) is 12.1. The zero-order valence-electron chi connectivity index (χ0n) is 9.37. The molecule has 1 aromatic rings. The van der Waals surface area contributed by atoms with E-state index >= 15 is 0 Å². The molecule has 0 aliphatic heterocycles. The van der Waals surface area contributed by atoms with Crippen molar-refractivity contribution in [2.45, 2.75) is 25.8 Å². The summed E-state index contributed by atoms with van der Waals surface area (Å²) in [5.74, 6) is -0.137. The molecule has 1 aliphatic carbocycles. The highest BCUT2D eigenvalue weighted by molar-refractivity contribution is 9.10. The molecule has 3 nitrogen and oxygen atoms in total. The fourth-order valence-corrected chi connectivity index (χ4v) is 2.33. The van der Waals surface area contributed by atoms with Crippen LogP contribution < -0.4 is 5.32 Å². The summed E-state index contributed by atoms with van der Waals surface area (Å²) in [5.41, 5.74) is 0.259. The number of amides is 1. The van der Waals surface area contributed by atoms with Gasteiger partial charge in [-0.25, -0.2) is 0 Å². The lowest BCUT2D eigenvalue weighted by atomic mass is 9.69. The van der Waals surface area contributed by atoms with Crippen LogP contribution in [0, 0.1) is 16.7 Å². The Bertz CT molecular complexity index is 475. The van der Waals surface area contributed by atoms with Gasteiger partial charge in [0.2, 0.25) is 5.91 Å². The number of carbonyl (C=O) groups excluding carboxylic acids is 1. The fourth-order valence-electron chi connectivity index (χ4n) is 1.91. The van der Waals surface area contributed by atoms with E-state index in [1.165, 1.54) is 0 Å². The molecule has 1 aromatic carbocycles. The molecular formula is C13H13BrN2O. The maximum atomic E-state index is 11.9. The Morgan fingerprint density at radius 2 is 2.18 bits per heavy atom. The maximum Gasteiger partial charge on any atom is 0.240 e. The molecule has 1 N–H and O–H groups in total. The van der Waals surface area contributed by atoms with Crippen LogP contribution in [0.4, 0.5) is 0 Å². The largest absolute Gasteiger partial charge is 0.351 e. The van der Waals surface area contributed by atoms with Gasteiger partial charge < -0.3 is 5.32 Å². The first-order chi connectivity index (χ1) is 8.18. The molecule has 1 aliphatic rings. The van der Waals surface area contributed by atoms with E-state index in [-0.39, 0.29) is 5.91 Å². The number of nitriles is 1. The number of rotatable bonds is 3. The lowest BCUT2D eigenvalue weighted by Crippen LogP contribution is -2.44. The lowest BCUT2D eigenvalue weighted by Gasteiger charge is -2.33. The summed E-state index contributed by atoms with van der Waals surface area (Å²) in [7, 11) is 0. The second kappa shape index (κ2) is 4.89. The minimum atomic E-state index is -0.763. The summed E-state index contributed by atoms with van der Waals surface area (Å²) in [4.78, 5) is 11.9. The van der Waals surface area contributed by atoms with Crippen molar-refractivity contribution in [1.29, 1.82) is 5.26 Å². The van der Waals surface area contributed by atoms with Gasteiger partial charge in [-0.3, -0.25) is 4.79 Å². The Balaban J connectivity index is 1.98. The van der Waals surface area contributed by atoms with Gasteiger partial charge in [0.15, 0.2) is 0 Å². The van der Waals surface area contributed by atoms with Crippen molar-refractivity contribution in [3.05, 3.63) is 34.3 Å². The number of benzene rings is 1. The molecule has 4 heteroatoms. The molecule has 0 saturated heterocycles. The smallest absolute Gasteiger partial charge is 0.240 e.